The molecule has 1 aliphatic heterocycles. The van der Waals surface area contributed by atoms with Crippen LogP contribution in [0, 0.1) is 5.82 Å². The predicted molar refractivity (Wildman–Crippen MR) is 133 cm³/mol. The number of pyridine rings is 2. The number of halogens is 1. The summed E-state index contributed by atoms with van der Waals surface area (Å²) in [6, 6.07) is 9.05. The third-order valence-corrected chi connectivity index (χ3v) is 7.17. The molecular formula is C24H22BFN5O4S. The first-order valence-corrected chi connectivity index (χ1v) is 12.8. The molecule has 0 spiro atoms. The van der Waals surface area contributed by atoms with Crippen LogP contribution in [-0.4, -0.2) is 55.0 Å². The second-order valence-corrected chi connectivity index (χ2v) is 9.87. The van der Waals surface area contributed by atoms with Crippen LogP contribution in [0.4, 0.5) is 10.1 Å². The van der Waals surface area contributed by atoms with Crippen LogP contribution in [0.25, 0.3) is 22.3 Å². The van der Waals surface area contributed by atoms with E-state index in [4.69, 9.17) is 9.47 Å². The first-order valence-electron chi connectivity index (χ1n) is 11.4. The number of nitrogens with one attached hydrogen (secondary N) is 1. The molecular weight excluding hydrogens is 484 g/mol. The fraction of sp³-hybridized carbons (Fsp3) is 0.250. The molecule has 1 aromatic carbocycles. The van der Waals surface area contributed by atoms with E-state index in [0.717, 1.165) is 12.8 Å². The Labute approximate surface area is 208 Å². The molecule has 0 amide bonds. The van der Waals surface area contributed by atoms with E-state index in [-0.39, 0.29) is 11.8 Å². The van der Waals surface area contributed by atoms with E-state index in [1.54, 1.807) is 38.5 Å². The molecule has 0 aliphatic carbocycles. The highest BCUT2D eigenvalue weighted by Gasteiger charge is 2.21. The number of nitrogens with zero attached hydrogens (tertiary/aromatic N) is 4. The Morgan fingerprint density at radius 1 is 1.11 bits per heavy atom. The van der Waals surface area contributed by atoms with Gasteiger partial charge in [0.05, 0.1) is 36.3 Å². The van der Waals surface area contributed by atoms with Crippen molar-refractivity contribution in [1.29, 1.82) is 0 Å². The van der Waals surface area contributed by atoms with Crippen molar-refractivity contribution in [2.24, 2.45) is 0 Å². The number of anilines is 1. The summed E-state index contributed by atoms with van der Waals surface area (Å²) in [6.45, 7) is 3.00. The minimum atomic E-state index is -4.18. The topological polar surface area (TPSA) is 116 Å². The minimum absolute atomic E-state index is 0.0219. The molecule has 4 heterocycles. The van der Waals surface area contributed by atoms with Crippen LogP contribution in [0.2, 0.25) is 6.82 Å². The molecule has 1 saturated heterocycles. The average molecular weight is 506 g/mol. The molecule has 9 nitrogen and oxygen atoms in total. The van der Waals surface area contributed by atoms with Gasteiger partial charge in [0.2, 0.25) is 5.88 Å². The lowest BCUT2D eigenvalue weighted by molar-refractivity contribution is 0.0243. The summed E-state index contributed by atoms with van der Waals surface area (Å²) >= 11 is 0. The number of rotatable bonds is 7. The molecule has 12 heteroatoms. The first kappa shape index (κ1) is 24.1. The van der Waals surface area contributed by atoms with E-state index in [2.05, 4.69) is 24.7 Å². The molecule has 3 aromatic heterocycles. The lowest BCUT2D eigenvalue weighted by Gasteiger charge is -2.22. The quantitative estimate of drug-likeness (QED) is 0.381. The molecule has 1 N–H and O–H groups in total. The number of aromatic nitrogens is 4. The molecule has 5 rings (SSSR count). The van der Waals surface area contributed by atoms with Gasteiger partial charge in [-0.1, -0.05) is 18.4 Å². The fourth-order valence-corrected chi connectivity index (χ4v) is 4.97. The van der Waals surface area contributed by atoms with Crippen molar-refractivity contribution in [3.63, 3.8) is 0 Å². The highest BCUT2D eigenvalue weighted by Crippen LogP contribution is 2.28. The highest BCUT2D eigenvalue weighted by molar-refractivity contribution is 7.92. The van der Waals surface area contributed by atoms with Crippen molar-refractivity contribution >= 4 is 39.5 Å². The van der Waals surface area contributed by atoms with Crippen LogP contribution in [0.3, 0.4) is 0 Å². The zero-order valence-corrected chi connectivity index (χ0v) is 20.2. The molecule has 1 fully saturated rings. The fourth-order valence-electron chi connectivity index (χ4n) is 3.88. The molecule has 0 unspecified atom stereocenters. The van der Waals surface area contributed by atoms with E-state index < -0.39 is 20.7 Å². The van der Waals surface area contributed by atoms with Crippen molar-refractivity contribution in [2.45, 2.75) is 30.7 Å². The second kappa shape index (κ2) is 10.2. The van der Waals surface area contributed by atoms with Crippen LogP contribution >= 0.6 is 0 Å². The van der Waals surface area contributed by atoms with Crippen LogP contribution < -0.4 is 14.9 Å². The summed E-state index contributed by atoms with van der Waals surface area (Å²) in [5.41, 5.74) is 2.93. The summed E-state index contributed by atoms with van der Waals surface area (Å²) in [7, 11) is -2.49. The molecule has 4 aromatic rings. The largest absolute Gasteiger partial charge is 0.473 e. The molecule has 0 atom stereocenters. The molecule has 0 saturated carbocycles. The number of benzene rings is 1. The van der Waals surface area contributed by atoms with Crippen LogP contribution in [0.5, 0.6) is 5.88 Å². The SMILES string of the molecule is C[B]c1ccc(S(=O)(=O)Nc2cncc(-c3ccc4ncnc(OC5CCOCC5)c4n3)c2)c(F)c1. The zero-order chi connectivity index (χ0) is 25.1. The van der Waals surface area contributed by atoms with Gasteiger partial charge in [-0.2, -0.15) is 4.98 Å². The van der Waals surface area contributed by atoms with Gasteiger partial charge in [-0.15, -0.1) is 0 Å². The molecule has 36 heavy (non-hydrogen) atoms. The maximum Gasteiger partial charge on any atom is 0.264 e. The number of hydrogen-bond donors (Lipinski definition) is 1. The van der Waals surface area contributed by atoms with Gasteiger partial charge in [0.15, 0.2) is 5.52 Å². The summed E-state index contributed by atoms with van der Waals surface area (Å²) in [5.74, 6) is -0.461. The first-order chi connectivity index (χ1) is 17.4. The van der Waals surface area contributed by atoms with Crippen LogP contribution in [0.1, 0.15) is 12.8 Å². The van der Waals surface area contributed by atoms with Crippen LogP contribution in [0.15, 0.2) is 60.0 Å². The Hall–Kier alpha value is -3.64. The van der Waals surface area contributed by atoms with Crippen molar-refractivity contribution in [3.8, 4) is 17.1 Å². The number of ether oxygens (including phenoxy) is 2. The summed E-state index contributed by atoms with van der Waals surface area (Å²) in [6.07, 6.45) is 5.83. The summed E-state index contributed by atoms with van der Waals surface area (Å²) in [5, 5.41) is 0. The number of hydrogen-bond acceptors (Lipinski definition) is 8. The van der Waals surface area contributed by atoms with Gasteiger partial charge < -0.3 is 9.47 Å². The average Bonchev–Trinajstić information content (AvgIpc) is 2.89. The molecule has 0 bridgehead atoms. The maximum atomic E-state index is 14.4. The third kappa shape index (κ3) is 5.14. The van der Waals surface area contributed by atoms with Crippen molar-refractivity contribution in [1.82, 2.24) is 19.9 Å². The second-order valence-electron chi connectivity index (χ2n) is 8.22. The maximum absolute atomic E-state index is 14.4. The van der Waals surface area contributed by atoms with Crippen molar-refractivity contribution in [3.05, 3.63) is 60.9 Å². The van der Waals surface area contributed by atoms with E-state index in [1.165, 1.54) is 30.7 Å². The Morgan fingerprint density at radius 3 is 2.72 bits per heavy atom. The Kier molecular flexibility index (Phi) is 6.79. The number of fused-ring (bicyclic) bond motifs is 1. The van der Waals surface area contributed by atoms with Gasteiger partial charge in [-0.25, -0.2) is 22.8 Å². The number of sulfonamides is 1. The Bertz CT molecular complexity index is 1520. The van der Waals surface area contributed by atoms with Gasteiger partial charge in [0, 0.05) is 24.6 Å². The van der Waals surface area contributed by atoms with E-state index in [0.29, 0.717) is 46.8 Å². The monoisotopic (exact) mass is 506 g/mol. The summed E-state index contributed by atoms with van der Waals surface area (Å²) in [4.78, 5) is 16.9. The van der Waals surface area contributed by atoms with Crippen LogP contribution in [-0.2, 0) is 14.8 Å². The molecule has 1 aliphatic rings. The predicted octanol–water partition coefficient (Wildman–Crippen LogP) is 2.96. The molecule has 183 valence electrons. The van der Waals surface area contributed by atoms with Gasteiger partial charge in [-0.05, 0) is 30.3 Å². The molecule has 1 radical (unpaired) electrons. The van der Waals surface area contributed by atoms with Crippen molar-refractivity contribution < 1.29 is 22.3 Å². The Morgan fingerprint density at radius 2 is 1.94 bits per heavy atom. The third-order valence-electron chi connectivity index (χ3n) is 5.76. The van der Waals surface area contributed by atoms with Crippen molar-refractivity contribution in [2.75, 3.05) is 17.9 Å². The van der Waals surface area contributed by atoms with Gasteiger partial charge in [0.1, 0.15) is 30.4 Å². The zero-order valence-electron chi connectivity index (χ0n) is 19.4. The minimum Gasteiger partial charge on any atom is -0.473 e. The lowest BCUT2D eigenvalue weighted by Crippen LogP contribution is -2.26. The smallest absolute Gasteiger partial charge is 0.264 e. The highest BCUT2D eigenvalue weighted by atomic mass is 32.2. The van der Waals surface area contributed by atoms with Gasteiger partial charge in [0.25, 0.3) is 10.0 Å². The summed E-state index contributed by atoms with van der Waals surface area (Å²) < 4.78 is 54.0. The van der Waals surface area contributed by atoms with E-state index in [1.807, 2.05) is 0 Å². The van der Waals surface area contributed by atoms with Gasteiger partial charge in [-0.3, -0.25) is 9.71 Å². The van der Waals surface area contributed by atoms with Gasteiger partial charge >= 0.3 is 0 Å². The van der Waals surface area contributed by atoms with E-state index >= 15 is 0 Å². The Balaban J connectivity index is 1.43. The lowest BCUT2D eigenvalue weighted by atomic mass is 9.73. The van der Waals surface area contributed by atoms with E-state index in [9.17, 15) is 12.8 Å². The standard InChI is InChI=1S/C24H22BFN5O4S/c1-25-16-2-5-22(19(26)11-16)36(32,33)31-17-10-15(12-27-13-17)20-3-4-21-23(30-20)24(29-14-28-21)35-18-6-8-34-9-7-18/h2-5,10-14,18,31H,6-9H2,1H3. The normalized spacial score (nSPS) is 14.5.